The summed E-state index contributed by atoms with van der Waals surface area (Å²) in [5.41, 5.74) is 0.800. The van der Waals surface area contributed by atoms with Gasteiger partial charge in [0.05, 0.1) is 27.8 Å². The lowest BCUT2D eigenvalue weighted by atomic mass is 10.2. The van der Waals surface area contributed by atoms with Crippen LogP contribution < -0.4 is 0 Å². The van der Waals surface area contributed by atoms with E-state index in [9.17, 15) is 4.79 Å². The zero-order valence-corrected chi connectivity index (χ0v) is 16.8. The normalized spacial score (nSPS) is 15.9. The SMILES string of the molecule is O=C1/C(=C\c2ccc(-c3ccc(Cl)c(Cl)c3)o2)SC(=S)N1Cc1ccco1. The van der Waals surface area contributed by atoms with Crippen molar-refractivity contribution in [2.75, 3.05) is 0 Å². The van der Waals surface area contributed by atoms with Crippen LogP contribution in [0.3, 0.4) is 0 Å². The molecular formula is C19H11Cl2NO3S2. The van der Waals surface area contributed by atoms with E-state index in [-0.39, 0.29) is 5.91 Å². The Hall–Kier alpha value is -1.99. The van der Waals surface area contributed by atoms with Crippen molar-refractivity contribution in [3.63, 3.8) is 0 Å². The van der Waals surface area contributed by atoms with Crippen LogP contribution in [0.1, 0.15) is 11.5 Å². The van der Waals surface area contributed by atoms with Crippen molar-refractivity contribution in [3.8, 4) is 11.3 Å². The van der Waals surface area contributed by atoms with Crippen molar-refractivity contribution in [1.29, 1.82) is 0 Å². The van der Waals surface area contributed by atoms with E-state index < -0.39 is 0 Å². The lowest BCUT2D eigenvalue weighted by molar-refractivity contribution is -0.122. The number of furan rings is 2. The fourth-order valence-electron chi connectivity index (χ4n) is 2.56. The first-order chi connectivity index (χ1) is 13.0. The second kappa shape index (κ2) is 7.56. The summed E-state index contributed by atoms with van der Waals surface area (Å²) < 4.78 is 11.6. The van der Waals surface area contributed by atoms with Gasteiger partial charge in [-0.25, -0.2) is 0 Å². The number of hydrogen-bond donors (Lipinski definition) is 0. The van der Waals surface area contributed by atoms with Crippen LogP contribution >= 0.6 is 47.2 Å². The molecule has 3 heterocycles. The molecule has 2 aromatic heterocycles. The maximum atomic E-state index is 12.6. The molecule has 0 radical (unpaired) electrons. The van der Waals surface area contributed by atoms with Crippen molar-refractivity contribution in [3.05, 3.63) is 75.2 Å². The molecule has 4 rings (SSSR count). The van der Waals surface area contributed by atoms with Crippen molar-refractivity contribution in [2.45, 2.75) is 6.54 Å². The fourth-order valence-corrected chi connectivity index (χ4v) is 4.09. The van der Waals surface area contributed by atoms with Crippen molar-refractivity contribution < 1.29 is 13.6 Å². The van der Waals surface area contributed by atoms with Gasteiger partial charge in [-0.15, -0.1) is 0 Å². The Morgan fingerprint density at radius 3 is 2.74 bits per heavy atom. The molecule has 0 spiro atoms. The zero-order valence-electron chi connectivity index (χ0n) is 13.6. The van der Waals surface area contributed by atoms with Gasteiger partial charge >= 0.3 is 0 Å². The third-order valence-corrected chi connectivity index (χ3v) is 5.99. The summed E-state index contributed by atoms with van der Waals surface area (Å²) in [5, 5.41) is 0.929. The van der Waals surface area contributed by atoms with Gasteiger partial charge in [0, 0.05) is 11.6 Å². The first-order valence-electron chi connectivity index (χ1n) is 7.84. The van der Waals surface area contributed by atoms with Gasteiger partial charge in [-0.05, 0) is 42.5 Å². The standard InChI is InChI=1S/C19H11Cl2NO3S2/c20-14-5-3-11(8-15(14)21)16-6-4-12(25-16)9-17-18(23)22(19(26)27-17)10-13-2-1-7-24-13/h1-9H,10H2/b17-9+. The second-order valence-electron chi connectivity index (χ2n) is 5.68. The number of hydrogen-bond acceptors (Lipinski definition) is 5. The first-order valence-corrected chi connectivity index (χ1v) is 9.82. The van der Waals surface area contributed by atoms with Gasteiger partial charge in [0.15, 0.2) is 0 Å². The summed E-state index contributed by atoms with van der Waals surface area (Å²) in [6.07, 6.45) is 3.25. The number of thiocarbonyl (C=S) groups is 1. The van der Waals surface area contributed by atoms with Crippen LogP contribution in [0.2, 0.25) is 10.0 Å². The molecule has 4 nitrogen and oxygen atoms in total. The fraction of sp³-hybridized carbons (Fsp3) is 0.0526. The lowest BCUT2D eigenvalue weighted by Crippen LogP contribution is -2.27. The monoisotopic (exact) mass is 435 g/mol. The molecule has 1 saturated heterocycles. The summed E-state index contributed by atoms with van der Waals surface area (Å²) in [4.78, 5) is 14.6. The van der Waals surface area contributed by atoms with E-state index in [2.05, 4.69) is 0 Å². The van der Waals surface area contributed by atoms with Crippen molar-refractivity contribution in [2.24, 2.45) is 0 Å². The van der Waals surface area contributed by atoms with Crippen LogP contribution in [0.25, 0.3) is 17.4 Å². The average Bonchev–Trinajstić information content (AvgIpc) is 3.37. The van der Waals surface area contributed by atoms with Crippen LogP contribution in [0.15, 0.2) is 62.5 Å². The summed E-state index contributed by atoms with van der Waals surface area (Å²) in [7, 11) is 0. The molecule has 3 aromatic rings. The maximum Gasteiger partial charge on any atom is 0.266 e. The highest BCUT2D eigenvalue weighted by molar-refractivity contribution is 8.26. The Morgan fingerprint density at radius 1 is 1.15 bits per heavy atom. The highest BCUT2D eigenvalue weighted by atomic mass is 35.5. The molecular weight excluding hydrogens is 425 g/mol. The molecule has 136 valence electrons. The molecule has 0 atom stereocenters. The van der Waals surface area contributed by atoms with E-state index in [1.807, 2.05) is 12.1 Å². The Kier molecular flexibility index (Phi) is 5.14. The largest absolute Gasteiger partial charge is 0.467 e. The quantitative estimate of drug-likeness (QED) is 0.358. The van der Waals surface area contributed by atoms with Gasteiger partial charge in [0.2, 0.25) is 0 Å². The number of rotatable bonds is 4. The summed E-state index contributed by atoms with van der Waals surface area (Å²) in [5.74, 6) is 1.68. The topological polar surface area (TPSA) is 46.6 Å². The smallest absolute Gasteiger partial charge is 0.266 e. The number of benzene rings is 1. The summed E-state index contributed by atoms with van der Waals surface area (Å²) in [6.45, 7) is 0.307. The van der Waals surface area contributed by atoms with Gasteiger partial charge in [-0.1, -0.05) is 47.2 Å². The number of carbonyl (C=O) groups excluding carboxylic acids is 1. The van der Waals surface area contributed by atoms with Crippen LogP contribution in [0, 0.1) is 0 Å². The number of nitrogens with zero attached hydrogens (tertiary/aromatic N) is 1. The number of halogens is 2. The minimum atomic E-state index is -0.172. The van der Waals surface area contributed by atoms with Crippen molar-refractivity contribution in [1.82, 2.24) is 4.90 Å². The number of amides is 1. The van der Waals surface area contributed by atoms with Gasteiger partial charge < -0.3 is 8.83 Å². The van der Waals surface area contributed by atoms with Crippen LogP contribution in [0.4, 0.5) is 0 Å². The Balaban J connectivity index is 1.55. The highest BCUT2D eigenvalue weighted by Gasteiger charge is 2.32. The van der Waals surface area contributed by atoms with E-state index in [1.54, 1.807) is 42.7 Å². The summed E-state index contributed by atoms with van der Waals surface area (Å²) in [6, 6.07) is 12.4. The molecule has 0 N–H and O–H groups in total. The molecule has 8 heteroatoms. The molecule has 0 unspecified atom stereocenters. The number of carbonyl (C=O) groups is 1. The average molecular weight is 436 g/mol. The van der Waals surface area contributed by atoms with E-state index in [0.717, 1.165) is 5.56 Å². The third kappa shape index (κ3) is 3.84. The Bertz CT molecular complexity index is 1060. The van der Waals surface area contributed by atoms with Crippen molar-refractivity contribution >= 4 is 63.5 Å². The Labute approximate surface area is 174 Å². The van der Waals surface area contributed by atoms with Crippen LogP contribution in [-0.4, -0.2) is 15.1 Å². The highest BCUT2D eigenvalue weighted by Crippen LogP contribution is 2.35. The van der Waals surface area contributed by atoms with E-state index >= 15 is 0 Å². The molecule has 1 aromatic carbocycles. The summed E-state index contributed by atoms with van der Waals surface area (Å²) >= 11 is 18.6. The molecule has 1 aliphatic heterocycles. The first kappa shape index (κ1) is 18.4. The molecule has 1 fully saturated rings. The second-order valence-corrected chi connectivity index (χ2v) is 8.17. The van der Waals surface area contributed by atoms with E-state index in [0.29, 0.717) is 43.1 Å². The minimum Gasteiger partial charge on any atom is -0.467 e. The Morgan fingerprint density at radius 2 is 2.00 bits per heavy atom. The van der Waals surface area contributed by atoms with E-state index in [4.69, 9.17) is 44.3 Å². The minimum absolute atomic E-state index is 0.172. The zero-order chi connectivity index (χ0) is 19.0. The lowest BCUT2D eigenvalue weighted by Gasteiger charge is -2.11. The predicted octanol–water partition coefficient (Wildman–Crippen LogP) is 6.25. The molecule has 1 amide bonds. The molecule has 0 aliphatic carbocycles. The third-order valence-electron chi connectivity index (χ3n) is 3.87. The molecule has 0 bridgehead atoms. The van der Waals surface area contributed by atoms with Gasteiger partial charge in [0.25, 0.3) is 5.91 Å². The van der Waals surface area contributed by atoms with Crippen LogP contribution in [-0.2, 0) is 11.3 Å². The molecule has 27 heavy (non-hydrogen) atoms. The van der Waals surface area contributed by atoms with Crippen LogP contribution in [0.5, 0.6) is 0 Å². The predicted molar refractivity (Wildman–Crippen MR) is 112 cm³/mol. The molecule has 0 saturated carbocycles. The molecule has 1 aliphatic rings. The maximum absolute atomic E-state index is 12.6. The van der Waals surface area contributed by atoms with Gasteiger partial charge in [0.1, 0.15) is 21.6 Å². The van der Waals surface area contributed by atoms with E-state index in [1.165, 1.54) is 16.7 Å². The number of thioether (sulfide) groups is 1. The van der Waals surface area contributed by atoms with Gasteiger partial charge in [-0.3, -0.25) is 9.69 Å². The van der Waals surface area contributed by atoms with Gasteiger partial charge in [-0.2, -0.15) is 0 Å².